The molecule has 1 fully saturated rings. The molecule has 4 rings (SSSR count). The van der Waals surface area contributed by atoms with Gasteiger partial charge in [0.25, 0.3) is 0 Å². The normalized spacial score (nSPS) is 22.0. The van der Waals surface area contributed by atoms with Gasteiger partial charge in [-0.05, 0) is 18.9 Å². The van der Waals surface area contributed by atoms with E-state index in [0.717, 1.165) is 5.56 Å². The van der Waals surface area contributed by atoms with Gasteiger partial charge in [-0.15, -0.1) is 0 Å². The molecule has 0 bridgehead atoms. The summed E-state index contributed by atoms with van der Waals surface area (Å²) in [5.74, 6) is 0.228. The standard InChI is InChI=1S/C19H23N7O3/c1-19(28)10-25(18(27)29-9-12-5-3-2-4-6-12)8-7-13(19)26-11-22-14-15(20)23-17(21)24-16(14)26/h2-6,11,13,28H,7-10H2,1H3,(H4,20,21,23,24)/t13-,19-/m1/s1. The molecule has 1 aromatic carbocycles. The van der Waals surface area contributed by atoms with Crippen LogP contribution in [-0.2, 0) is 11.3 Å². The first kappa shape index (κ1) is 18.9. The smallest absolute Gasteiger partial charge is 0.410 e. The molecular weight excluding hydrogens is 374 g/mol. The Bertz CT molecular complexity index is 1030. The molecule has 1 aliphatic rings. The van der Waals surface area contributed by atoms with Crippen LogP contribution in [0.5, 0.6) is 0 Å². The van der Waals surface area contributed by atoms with Gasteiger partial charge in [-0.1, -0.05) is 30.3 Å². The van der Waals surface area contributed by atoms with Gasteiger partial charge in [0.05, 0.1) is 18.9 Å². The molecule has 1 aliphatic heterocycles. The number of nitrogens with zero attached hydrogens (tertiary/aromatic N) is 5. The summed E-state index contributed by atoms with van der Waals surface area (Å²) >= 11 is 0. The Kier molecular flexibility index (Phi) is 4.71. The number of likely N-dealkylation sites (tertiary alicyclic amines) is 1. The van der Waals surface area contributed by atoms with Crippen molar-refractivity contribution in [3.63, 3.8) is 0 Å². The lowest BCUT2D eigenvalue weighted by Crippen LogP contribution is -2.54. The van der Waals surface area contributed by atoms with Crippen LogP contribution in [0, 0.1) is 0 Å². The first-order valence-corrected chi connectivity index (χ1v) is 9.28. The second-order valence-corrected chi connectivity index (χ2v) is 7.41. The van der Waals surface area contributed by atoms with E-state index < -0.39 is 11.7 Å². The highest BCUT2D eigenvalue weighted by molar-refractivity contribution is 5.82. The van der Waals surface area contributed by atoms with E-state index >= 15 is 0 Å². The van der Waals surface area contributed by atoms with E-state index in [4.69, 9.17) is 16.2 Å². The Morgan fingerprint density at radius 1 is 1.31 bits per heavy atom. The molecule has 3 heterocycles. The molecule has 0 unspecified atom stereocenters. The van der Waals surface area contributed by atoms with E-state index in [9.17, 15) is 9.90 Å². The summed E-state index contributed by atoms with van der Waals surface area (Å²) in [5.41, 5.74) is 12.2. The maximum Gasteiger partial charge on any atom is 0.410 e. The number of piperidine rings is 1. The number of carbonyl (C=O) groups is 1. The summed E-state index contributed by atoms with van der Waals surface area (Å²) in [7, 11) is 0. The van der Waals surface area contributed by atoms with E-state index in [-0.39, 0.29) is 31.0 Å². The van der Waals surface area contributed by atoms with Crippen LogP contribution in [0.15, 0.2) is 36.7 Å². The van der Waals surface area contributed by atoms with Crippen LogP contribution in [0.1, 0.15) is 24.9 Å². The van der Waals surface area contributed by atoms with Crippen molar-refractivity contribution in [2.45, 2.75) is 31.6 Å². The Labute approximate surface area is 167 Å². The molecule has 0 saturated carbocycles. The largest absolute Gasteiger partial charge is 0.445 e. The second kappa shape index (κ2) is 7.21. The molecule has 10 nitrogen and oxygen atoms in total. The molecular formula is C19H23N7O3. The fourth-order valence-corrected chi connectivity index (χ4v) is 3.75. The average molecular weight is 397 g/mol. The van der Waals surface area contributed by atoms with E-state index in [1.54, 1.807) is 17.8 Å². The van der Waals surface area contributed by atoms with E-state index in [2.05, 4.69) is 15.0 Å². The number of fused-ring (bicyclic) bond motifs is 1. The summed E-state index contributed by atoms with van der Waals surface area (Å²) in [6.45, 7) is 2.39. The zero-order valence-corrected chi connectivity index (χ0v) is 16.0. The van der Waals surface area contributed by atoms with Crippen molar-refractivity contribution in [2.75, 3.05) is 24.6 Å². The Balaban J connectivity index is 1.49. The number of ether oxygens (including phenoxy) is 1. The number of aliphatic hydroxyl groups is 1. The third-order valence-corrected chi connectivity index (χ3v) is 5.17. The van der Waals surface area contributed by atoms with Crippen LogP contribution >= 0.6 is 0 Å². The topological polar surface area (TPSA) is 145 Å². The van der Waals surface area contributed by atoms with Crippen LogP contribution in [0.3, 0.4) is 0 Å². The number of rotatable bonds is 3. The predicted octanol–water partition coefficient (Wildman–Crippen LogP) is 1.33. The number of hydrogen-bond donors (Lipinski definition) is 3. The zero-order chi connectivity index (χ0) is 20.6. The first-order valence-electron chi connectivity index (χ1n) is 9.28. The van der Waals surface area contributed by atoms with Crippen molar-refractivity contribution in [3.05, 3.63) is 42.2 Å². The van der Waals surface area contributed by atoms with Crippen LogP contribution < -0.4 is 11.5 Å². The predicted molar refractivity (Wildman–Crippen MR) is 107 cm³/mol. The van der Waals surface area contributed by atoms with Gasteiger partial charge in [0.1, 0.15) is 17.7 Å². The number of benzene rings is 1. The van der Waals surface area contributed by atoms with Gasteiger partial charge in [0, 0.05) is 6.54 Å². The maximum absolute atomic E-state index is 12.5. The molecule has 152 valence electrons. The highest BCUT2D eigenvalue weighted by Crippen LogP contribution is 2.34. The Hall–Kier alpha value is -3.40. The molecule has 0 aliphatic carbocycles. The summed E-state index contributed by atoms with van der Waals surface area (Å²) in [5, 5.41) is 11.1. The Morgan fingerprint density at radius 2 is 2.07 bits per heavy atom. The van der Waals surface area contributed by atoms with Gasteiger partial charge in [-0.2, -0.15) is 9.97 Å². The highest BCUT2D eigenvalue weighted by atomic mass is 16.6. The number of hydrogen-bond acceptors (Lipinski definition) is 8. The molecule has 2 atom stereocenters. The van der Waals surface area contributed by atoms with Crippen molar-refractivity contribution in [1.29, 1.82) is 0 Å². The van der Waals surface area contributed by atoms with Gasteiger partial charge in [0.15, 0.2) is 11.5 Å². The fourth-order valence-electron chi connectivity index (χ4n) is 3.75. The number of carbonyl (C=O) groups excluding carboxylic acids is 1. The number of imidazole rings is 1. The molecule has 10 heteroatoms. The summed E-state index contributed by atoms with van der Waals surface area (Å²) < 4.78 is 7.14. The van der Waals surface area contributed by atoms with E-state index in [1.165, 1.54) is 4.90 Å². The van der Waals surface area contributed by atoms with Crippen molar-refractivity contribution >= 4 is 29.0 Å². The summed E-state index contributed by atoms with van der Waals surface area (Å²) in [4.78, 5) is 26.4. The molecule has 1 saturated heterocycles. The summed E-state index contributed by atoms with van der Waals surface area (Å²) in [6, 6.07) is 9.09. The lowest BCUT2D eigenvalue weighted by Gasteiger charge is -2.42. The van der Waals surface area contributed by atoms with Gasteiger partial charge in [-0.3, -0.25) is 0 Å². The van der Waals surface area contributed by atoms with Crippen LogP contribution in [0.4, 0.5) is 16.6 Å². The lowest BCUT2D eigenvalue weighted by atomic mass is 9.89. The van der Waals surface area contributed by atoms with Gasteiger partial charge < -0.3 is 30.8 Å². The minimum atomic E-state index is -1.23. The molecule has 1 amide bonds. The average Bonchev–Trinajstić information content (AvgIpc) is 3.10. The fraction of sp³-hybridized carbons (Fsp3) is 0.368. The number of amides is 1. The minimum Gasteiger partial charge on any atom is -0.445 e. The van der Waals surface area contributed by atoms with Crippen LogP contribution in [-0.4, -0.2) is 54.3 Å². The molecule has 5 N–H and O–H groups in total. The van der Waals surface area contributed by atoms with Crippen molar-refractivity contribution in [1.82, 2.24) is 24.4 Å². The number of nitrogens with two attached hydrogens (primary N) is 2. The van der Waals surface area contributed by atoms with Gasteiger partial charge in [-0.25, -0.2) is 9.78 Å². The van der Waals surface area contributed by atoms with E-state index in [0.29, 0.717) is 24.1 Å². The third-order valence-electron chi connectivity index (χ3n) is 5.17. The van der Waals surface area contributed by atoms with Crippen molar-refractivity contribution in [3.8, 4) is 0 Å². The van der Waals surface area contributed by atoms with Crippen LogP contribution in [0.2, 0.25) is 0 Å². The third kappa shape index (κ3) is 3.66. The number of β-amino-alcohol motifs (C(OH)–C–C–N with tert-alkyl or cyclic N) is 1. The van der Waals surface area contributed by atoms with Crippen LogP contribution in [0.25, 0.3) is 11.2 Å². The number of aromatic nitrogens is 4. The maximum atomic E-state index is 12.5. The number of anilines is 2. The van der Waals surface area contributed by atoms with Gasteiger partial charge in [0.2, 0.25) is 5.95 Å². The molecule has 3 aromatic rings. The molecule has 2 aromatic heterocycles. The molecule has 0 radical (unpaired) electrons. The Morgan fingerprint density at radius 3 is 2.79 bits per heavy atom. The SMILES string of the molecule is C[C@@]1(O)CN(C(=O)OCc2ccccc2)CC[C@H]1n1cnc2c(N)nc(N)nc21. The molecule has 29 heavy (non-hydrogen) atoms. The summed E-state index contributed by atoms with van der Waals surface area (Å²) in [6.07, 6.45) is 1.60. The first-order chi connectivity index (χ1) is 13.8. The quantitative estimate of drug-likeness (QED) is 0.600. The monoisotopic (exact) mass is 397 g/mol. The van der Waals surface area contributed by atoms with Crippen molar-refractivity contribution in [2.24, 2.45) is 0 Å². The molecule has 0 spiro atoms. The van der Waals surface area contributed by atoms with E-state index in [1.807, 2.05) is 30.3 Å². The highest BCUT2D eigenvalue weighted by Gasteiger charge is 2.42. The van der Waals surface area contributed by atoms with Crippen molar-refractivity contribution < 1.29 is 14.6 Å². The lowest BCUT2D eigenvalue weighted by molar-refractivity contribution is -0.0533. The second-order valence-electron chi connectivity index (χ2n) is 7.41. The van der Waals surface area contributed by atoms with Gasteiger partial charge >= 0.3 is 6.09 Å². The number of nitrogen functional groups attached to an aromatic ring is 2. The zero-order valence-electron chi connectivity index (χ0n) is 16.0. The minimum absolute atomic E-state index is 0.0401.